The van der Waals surface area contributed by atoms with Gasteiger partial charge in [0.15, 0.2) is 0 Å². The summed E-state index contributed by atoms with van der Waals surface area (Å²) in [4.78, 5) is 4.02. The molecule has 1 N–H and O–H groups in total. The lowest BCUT2D eigenvalue weighted by atomic mass is 10.1. The van der Waals surface area contributed by atoms with E-state index in [1.807, 2.05) is 12.1 Å². The Labute approximate surface area is 100 Å². The maximum Gasteiger partial charge on any atom is 0.138 e. The molecule has 86 valence electrons. The van der Waals surface area contributed by atoms with Gasteiger partial charge in [0, 0.05) is 18.4 Å². The van der Waals surface area contributed by atoms with Crippen molar-refractivity contribution in [2.75, 3.05) is 11.9 Å². The fraction of sp³-hybridized carbons (Fsp3) is 0.214. The number of benzene rings is 1. The lowest BCUT2D eigenvalue weighted by molar-refractivity contribution is 0.305. The van der Waals surface area contributed by atoms with Gasteiger partial charge in [-0.2, -0.15) is 0 Å². The Morgan fingerprint density at radius 3 is 3.18 bits per heavy atom. The normalized spacial score (nSPS) is 12.9. The fourth-order valence-corrected chi connectivity index (χ4v) is 2.05. The zero-order valence-electron chi connectivity index (χ0n) is 9.52. The van der Waals surface area contributed by atoms with Crippen LogP contribution in [0.25, 0.3) is 0 Å². The van der Waals surface area contributed by atoms with Gasteiger partial charge in [-0.05, 0) is 35.7 Å². The molecular weight excluding hydrogens is 212 g/mol. The van der Waals surface area contributed by atoms with Crippen LogP contribution in [0.3, 0.4) is 0 Å². The van der Waals surface area contributed by atoms with Crippen LogP contribution in [0.1, 0.15) is 11.1 Å². The van der Waals surface area contributed by atoms with Crippen LogP contribution in [0.2, 0.25) is 0 Å². The lowest BCUT2D eigenvalue weighted by Crippen LogP contribution is -1.96. The molecule has 0 spiro atoms. The first-order valence-electron chi connectivity index (χ1n) is 5.80. The highest BCUT2D eigenvalue weighted by atomic mass is 16.5. The van der Waals surface area contributed by atoms with Crippen LogP contribution in [0.4, 0.5) is 5.69 Å². The monoisotopic (exact) mass is 226 g/mol. The molecule has 1 aliphatic rings. The number of nitrogens with zero attached hydrogens (tertiary/aromatic N) is 1. The Morgan fingerprint density at radius 2 is 2.29 bits per heavy atom. The minimum absolute atomic E-state index is 0.596. The first-order valence-corrected chi connectivity index (χ1v) is 5.80. The predicted molar refractivity (Wildman–Crippen MR) is 67.2 cm³/mol. The molecule has 2 aromatic rings. The molecule has 0 atom stereocenters. The SMILES string of the molecule is c1cncc(OCc2ccc3c(c2)CCN3)c1. The van der Waals surface area contributed by atoms with Crippen LogP contribution in [0.15, 0.2) is 42.7 Å². The van der Waals surface area contributed by atoms with Gasteiger partial charge in [-0.25, -0.2) is 0 Å². The molecular formula is C14H14N2O. The maximum atomic E-state index is 5.67. The largest absolute Gasteiger partial charge is 0.487 e. The van der Waals surface area contributed by atoms with Crippen LogP contribution < -0.4 is 10.1 Å². The van der Waals surface area contributed by atoms with E-state index in [1.54, 1.807) is 12.4 Å². The molecule has 3 rings (SSSR count). The maximum absolute atomic E-state index is 5.67. The van der Waals surface area contributed by atoms with Gasteiger partial charge in [0.05, 0.1) is 6.20 Å². The van der Waals surface area contributed by atoms with E-state index in [0.29, 0.717) is 6.61 Å². The van der Waals surface area contributed by atoms with Crippen LogP contribution in [0.5, 0.6) is 5.75 Å². The van der Waals surface area contributed by atoms with Crippen LogP contribution in [-0.2, 0) is 13.0 Å². The molecule has 2 heterocycles. The standard InChI is InChI=1S/C14H14N2O/c1-2-13(9-15-6-1)17-10-11-3-4-14-12(8-11)5-7-16-14/h1-4,6,8-9,16H,5,7,10H2. The van der Waals surface area contributed by atoms with Crippen molar-refractivity contribution < 1.29 is 4.74 Å². The Kier molecular flexibility index (Phi) is 2.66. The minimum Gasteiger partial charge on any atom is -0.487 e. The number of hydrogen-bond donors (Lipinski definition) is 1. The van der Waals surface area contributed by atoms with E-state index >= 15 is 0 Å². The van der Waals surface area contributed by atoms with Crippen molar-refractivity contribution in [1.29, 1.82) is 0 Å². The van der Waals surface area contributed by atoms with Crippen molar-refractivity contribution in [2.24, 2.45) is 0 Å². The highest BCUT2D eigenvalue weighted by molar-refractivity contribution is 5.56. The Hall–Kier alpha value is -2.03. The van der Waals surface area contributed by atoms with Gasteiger partial charge in [-0.15, -0.1) is 0 Å². The summed E-state index contributed by atoms with van der Waals surface area (Å²) in [6, 6.07) is 10.2. The number of nitrogens with one attached hydrogen (secondary N) is 1. The smallest absolute Gasteiger partial charge is 0.138 e. The summed E-state index contributed by atoms with van der Waals surface area (Å²) in [5, 5.41) is 3.35. The number of anilines is 1. The summed E-state index contributed by atoms with van der Waals surface area (Å²) in [5.41, 5.74) is 3.85. The number of hydrogen-bond acceptors (Lipinski definition) is 3. The van der Waals surface area contributed by atoms with Crippen molar-refractivity contribution in [3.63, 3.8) is 0 Å². The van der Waals surface area contributed by atoms with E-state index in [9.17, 15) is 0 Å². The lowest BCUT2D eigenvalue weighted by Gasteiger charge is -2.07. The first kappa shape index (κ1) is 10.1. The molecule has 0 fully saturated rings. The molecule has 3 nitrogen and oxygen atoms in total. The highest BCUT2D eigenvalue weighted by Crippen LogP contribution is 2.23. The Morgan fingerprint density at radius 1 is 1.29 bits per heavy atom. The second-order valence-corrected chi connectivity index (χ2v) is 4.15. The molecule has 1 aliphatic heterocycles. The van der Waals surface area contributed by atoms with Crippen LogP contribution in [-0.4, -0.2) is 11.5 Å². The van der Waals surface area contributed by atoms with E-state index < -0.39 is 0 Å². The molecule has 0 saturated heterocycles. The average Bonchev–Trinajstić information content (AvgIpc) is 2.85. The summed E-state index contributed by atoms with van der Waals surface area (Å²) in [5.74, 6) is 0.811. The topological polar surface area (TPSA) is 34.1 Å². The highest BCUT2D eigenvalue weighted by Gasteiger charge is 2.09. The molecule has 0 aliphatic carbocycles. The second kappa shape index (κ2) is 4.45. The van der Waals surface area contributed by atoms with E-state index in [-0.39, 0.29) is 0 Å². The molecule has 1 aromatic carbocycles. The number of fused-ring (bicyclic) bond motifs is 1. The van der Waals surface area contributed by atoms with Gasteiger partial charge >= 0.3 is 0 Å². The molecule has 0 amide bonds. The van der Waals surface area contributed by atoms with Gasteiger partial charge in [0.1, 0.15) is 12.4 Å². The third kappa shape index (κ3) is 2.23. The number of ether oxygens (including phenoxy) is 1. The summed E-state index contributed by atoms with van der Waals surface area (Å²) in [7, 11) is 0. The zero-order valence-corrected chi connectivity index (χ0v) is 9.52. The van der Waals surface area contributed by atoms with Gasteiger partial charge in [0.25, 0.3) is 0 Å². The van der Waals surface area contributed by atoms with Gasteiger partial charge in [-0.1, -0.05) is 12.1 Å². The Balaban J connectivity index is 1.70. The van der Waals surface area contributed by atoms with Crippen molar-refractivity contribution in [3.05, 3.63) is 53.9 Å². The molecule has 3 heteroatoms. The quantitative estimate of drug-likeness (QED) is 0.873. The van der Waals surface area contributed by atoms with E-state index in [2.05, 4.69) is 28.5 Å². The molecule has 0 bridgehead atoms. The fourth-order valence-electron chi connectivity index (χ4n) is 2.05. The van der Waals surface area contributed by atoms with Crippen LogP contribution in [0, 0.1) is 0 Å². The Bertz CT molecular complexity index is 511. The van der Waals surface area contributed by atoms with E-state index in [4.69, 9.17) is 4.74 Å². The third-order valence-electron chi connectivity index (χ3n) is 2.92. The van der Waals surface area contributed by atoms with E-state index in [1.165, 1.54) is 16.8 Å². The van der Waals surface area contributed by atoms with E-state index in [0.717, 1.165) is 18.7 Å². The number of rotatable bonds is 3. The molecule has 17 heavy (non-hydrogen) atoms. The minimum atomic E-state index is 0.596. The molecule has 1 aromatic heterocycles. The third-order valence-corrected chi connectivity index (χ3v) is 2.92. The zero-order chi connectivity index (χ0) is 11.5. The van der Waals surface area contributed by atoms with Gasteiger partial charge in [0.2, 0.25) is 0 Å². The first-order chi connectivity index (χ1) is 8.42. The summed E-state index contributed by atoms with van der Waals surface area (Å²) in [6.07, 6.45) is 4.58. The van der Waals surface area contributed by atoms with Gasteiger partial charge in [-0.3, -0.25) is 4.98 Å². The second-order valence-electron chi connectivity index (χ2n) is 4.15. The summed E-state index contributed by atoms with van der Waals surface area (Å²) in [6.45, 7) is 1.64. The number of pyridine rings is 1. The van der Waals surface area contributed by atoms with Crippen molar-refractivity contribution in [1.82, 2.24) is 4.98 Å². The molecule has 0 unspecified atom stereocenters. The van der Waals surface area contributed by atoms with Gasteiger partial charge < -0.3 is 10.1 Å². The predicted octanol–water partition coefficient (Wildman–Crippen LogP) is 2.63. The summed E-state index contributed by atoms with van der Waals surface area (Å²) < 4.78 is 5.67. The average molecular weight is 226 g/mol. The van der Waals surface area contributed by atoms with Crippen molar-refractivity contribution in [3.8, 4) is 5.75 Å². The molecule has 0 radical (unpaired) electrons. The summed E-state index contributed by atoms with van der Waals surface area (Å²) >= 11 is 0. The van der Waals surface area contributed by atoms with Crippen molar-refractivity contribution in [2.45, 2.75) is 13.0 Å². The van der Waals surface area contributed by atoms with Crippen molar-refractivity contribution >= 4 is 5.69 Å². The number of aromatic nitrogens is 1. The van der Waals surface area contributed by atoms with Crippen LogP contribution >= 0.6 is 0 Å². The molecule has 0 saturated carbocycles.